The van der Waals surface area contributed by atoms with Crippen LogP contribution in [0.4, 0.5) is 17.6 Å². The molecule has 30 heavy (non-hydrogen) atoms. The van der Waals surface area contributed by atoms with E-state index in [9.17, 15) is 13.9 Å². The van der Waals surface area contributed by atoms with Gasteiger partial charge in [-0.25, -0.2) is 18.4 Å². The summed E-state index contributed by atoms with van der Waals surface area (Å²) >= 11 is 6.07. The van der Waals surface area contributed by atoms with Crippen molar-refractivity contribution < 1.29 is 22.7 Å². The first-order chi connectivity index (χ1) is 14.2. The molecule has 0 bridgehead atoms. The summed E-state index contributed by atoms with van der Waals surface area (Å²) in [5, 5.41) is 21.9. The van der Waals surface area contributed by atoms with Crippen molar-refractivity contribution in [3.05, 3.63) is 82.8 Å². The number of rotatable bonds is 5. The third kappa shape index (κ3) is 3.27. The summed E-state index contributed by atoms with van der Waals surface area (Å²) in [6, 6.07) is 9.02. The molecule has 4 aromatic rings. The van der Waals surface area contributed by atoms with Gasteiger partial charge in [-0.3, -0.25) is 0 Å². The molecule has 2 aromatic heterocycles. The average molecular weight is 438 g/mol. The third-order valence-corrected chi connectivity index (χ3v) is 4.98. The number of halogens is 5. The number of hydrogen-bond donors (Lipinski definition) is 1. The van der Waals surface area contributed by atoms with Crippen LogP contribution in [0.25, 0.3) is 10.9 Å². The van der Waals surface area contributed by atoms with Gasteiger partial charge in [-0.05, 0) is 34.7 Å². The maximum atomic E-state index is 15.7. The number of para-hydroxylation sites is 1. The Morgan fingerprint density at radius 1 is 1.07 bits per heavy atom. The summed E-state index contributed by atoms with van der Waals surface area (Å²) < 4.78 is 60.1. The quantitative estimate of drug-likeness (QED) is 0.480. The summed E-state index contributed by atoms with van der Waals surface area (Å²) in [5.74, 6) is -6.49. The van der Waals surface area contributed by atoms with Gasteiger partial charge in [-0.2, -0.15) is 8.78 Å². The van der Waals surface area contributed by atoms with Crippen molar-refractivity contribution in [3.63, 3.8) is 0 Å². The molecule has 1 unspecified atom stereocenters. The van der Waals surface area contributed by atoms with E-state index in [-0.39, 0.29) is 10.5 Å². The molecule has 0 fully saturated rings. The Morgan fingerprint density at radius 3 is 2.57 bits per heavy atom. The van der Waals surface area contributed by atoms with Crippen LogP contribution in [0, 0.1) is 11.6 Å². The summed E-state index contributed by atoms with van der Waals surface area (Å²) in [4.78, 5) is 3.92. The van der Waals surface area contributed by atoms with Crippen molar-refractivity contribution in [1.29, 1.82) is 0 Å². The Bertz CT molecular complexity index is 1220. The van der Waals surface area contributed by atoms with Crippen LogP contribution in [0.5, 0.6) is 0 Å². The van der Waals surface area contributed by atoms with E-state index >= 15 is 8.78 Å². The average Bonchev–Trinajstić information content (AvgIpc) is 3.20. The minimum atomic E-state index is -4.15. The standard InChI is InChI=1S/C19H12ClF4N5O/c20-14-3-1-2-11-4-7-16(26-17(11)14)19(23,24)18(30,9-29-10-25-27-28-29)13-6-5-12(21)8-15(13)22/h1-8,10,30H,9H2. The van der Waals surface area contributed by atoms with Gasteiger partial charge in [0.2, 0.25) is 0 Å². The molecule has 11 heteroatoms. The molecule has 2 heterocycles. The van der Waals surface area contributed by atoms with Crippen LogP contribution in [0.3, 0.4) is 0 Å². The first-order valence-corrected chi connectivity index (χ1v) is 8.92. The van der Waals surface area contributed by atoms with Gasteiger partial charge in [0, 0.05) is 17.0 Å². The highest BCUT2D eigenvalue weighted by Gasteiger charge is 2.58. The second-order valence-electron chi connectivity index (χ2n) is 6.57. The van der Waals surface area contributed by atoms with Crippen LogP contribution in [-0.4, -0.2) is 30.3 Å². The summed E-state index contributed by atoms with van der Waals surface area (Å²) in [6.45, 7) is -0.933. The normalized spacial score (nSPS) is 14.1. The van der Waals surface area contributed by atoms with E-state index in [0.29, 0.717) is 11.5 Å². The topological polar surface area (TPSA) is 76.7 Å². The number of benzene rings is 2. The largest absolute Gasteiger partial charge is 0.377 e. The maximum Gasteiger partial charge on any atom is 0.323 e. The minimum Gasteiger partial charge on any atom is -0.377 e. The smallest absolute Gasteiger partial charge is 0.323 e. The molecule has 4 rings (SSSR count). The van der Waals surface area contributed by atoms with Crippen molar-refractivity contribution in [2.75, 3.05) is 0 Å². The molecule has 0 saturated carbocycles. The van der Waals surface area contributed by atoms with Gasteiger partial charge in [0.25, 0.3) is 0 Å². The van der Waals surface area contributed by atoms with Crippen LogP contribution in [0.15, 0.2) is 54.9 Å². The summed E-state index contributed by atoms with van der Waals surface area (Å²) in [7, 11) is 0. The zero-order valence-corrected chi connectivity index (χ0v) is 15.7. The second kappa shape index (κ2) is 7.29. The van der Waals surface area contributed by atoms with Gasteiger partial charge in [0.15, 0.2) is 5.60 Å². The molecular weight excluding hydrogens is 426 g/mol. The first-order valence-electron chi connectivity index (χ1n) is 8.54. The van der Waals surface area contributed by atoms with Gasteiger partial charge in [-0.15, -0.1) is 5.10 Å². The van der Waals surface area contributed by atoms with Gasteiger partial charge in [0.1, 0.15) is 23.7 Å². The minimum absolute atomic E-state index is 0.0840. The van der Waals surface area contributed by atoms with Crippen LogP contribution in [0.2, 0.25) is 5.02 Å². The Kier molecular flexibility index (Phi) is 4.91. The molecule has 6 nitrogen and oxygen atoms in total. The zero-order chi connectivity index (χ0) is 21.5. The number of aromatic nitrogens is 5. The molecule has 0 aliphatic heterocycles. The highest BCUT2D eigenvalue weighted by atomic mass is 35.5. The van der Waals surface area contributed by atoms with Crippen LogP contribution in [0.1, 0.15) is 11.3 Å². The fourth-order valence-electron chi connectivity index (χ4n) is 3.16. The van der Waals surface area contributed by atoms with E-state index < -0.39 is 41.0 Å². The number of alkyl halides is 2. The molecule has 154 valence electrons. The van der Waals surface area contributed by atoms with E-state index in [1.807, 2.05) is 0 Å². The molecule has 1 atom stereocenters. The van der Waals surface area contributed by atoms with Gasteiger partial charge < -0.3 is 5.11 Å². The Labute approximate surface area is 171 Å². The highest BCUT2D eigenvalue weighted by Crippen LogP contribution is 2.47. The van der Waals surface area contributed by atoms with E-state index in [2.05, 4.69) is 20.5 Å². The maximum absolute atomic E-state index is 15.7. The summed E-state index contributed by atoms with van der Waals surface area (Å²) in [6.07, 6.45) is 0.979. The van der Waals surface area contributed by atoms with Crippen molar-refractivity contribution >= 4 is 22.5 Å². The fourth-order valence-corrected chi connectivity index (χ4v) is 3.39. The Hall–Kier alpha value is -3.11. The third-order valence-electron chi connectivity index (χ3n) is 4.67. The number of fused-ring (bicyclic) bond motifs is 1. The highest BCUT2D eigenvalue weighted by molar-refractivity contribution is 6.35. The lowest BCUT2D eigenvalue weighted by molar-refractivity contribution is -0.207. The molecule has 2 aromatic carbocycles. The van der Waals surface area contributed by atoms with E-state index in [1.54, 1.807) is 12.1 Å². The predicted octanol–water partition coefficient (Wildman–Crippen LogP) is 3.83. The SMILES string of the molecule is OC(Cn1cnnn1)(c1ccc(F)cc1F)C(F)(F)c1ccc2cccc(Cl)c2n1. The van der Waals surface area contributed by atoms with E-state index in [1.165, 1.54) is 12.1 Å². The molecule has 0 aliphatic carbocycles. The molecule has 1 N–H and O–H groups in total. The number of aliphatic hydroxyl groups is 1. The molecule has 0 spiro atoms. The number of nitrogens with zero attached hydrogens (tertiary/aromatic N) is 5. The van der Waals surface area contributed by atoms with Gasteiger partial charge in [0.05, 0.1) is 17.1 Å². The van der Waals surface area contributed by atoms with Crippen LogP contribution in [-0.2, 0) is 18.1 Å². The van der Waals surface area contributed by atoms with Crippen molar-refractivity contribution in [2.24, 2.45) is 0 Å². The summed E-state index contributed by atoms with van der Waals surface area (Å²) in [5.41, 5.74) is -4.82. The number of pyridine rings is 1. The van der Waals surface area contributed by atoms with Gasteiger partial charge >= 0.3 is 5.92 Å². The van der Waals surface area contributed by atoms with Crippen molar-refractivity contribution in [3.8, 4) is 0 Å². The van der Waals surface area contributed by atoms with Crippen LogP contribution >= 0.6 is 11.6 Å². The number of hydrogen-bond acceptors (Lipinski definition) is 5. The molecular formula is C19H12ClF4N5O. The lowest BCUT2D eigenvalue weighted by atomic mass is 9.84. The van der Waals surface area contributed by atoms with Crippen LogP contribution < -0.4 is 0 Å². The number of tetrazole rings is 1. The first kappa shape index (κ1) is 20.2. The molecule has 0 saturated heterocycles. The van der Waals surface area contributed by atoms with E-state index in [0.717, 1.165) is 29.2 Å². The van der Waals surface area contributed by atoms with Crippen molar-refractivity contribution in [2.45, 2.75) is 18.1 Å². The van der Waals surface area contributed by atoms with Crippen molar-refractivity contribution in [1.82, 2.24) is 25.2 Å². The second-order valence-corrected chi connectivity index (χ2v) is 6.98. The Balaban J connectivity index is 1.92. The molecule has 0 amide bonds. The monoisotopic (exact) mass is 437 g/mol. The lowest BCUT2D eigenvalue weighted by Crippen LogP contribution is -2.48. The predicted molar refractivity (Wildman–Crippen MR) is 98.7 cm³/mol. The Morgan fingerprint density at radius 2 is 1.87 bits per heavy atom. The zero-order valence-electron chi connectivity index (χ0n) is 15.0. The van der Waals surface area contributed by atoms with E-state index in [4.69, 9.17) is 11.6 Å². The fraction of sp³-hybridized carbons (Fsp3) is 0.158. The molecule has 0 radical (unpaired) electrons. The molecule has 0 aliphatic rings. The van der Waals surface area contributed by atoms with Gasteiger partial charge in [-0.1, -0.05) is 29.8 Å². The lowest BCUT2D eigenvalue weighted by Gasteiger charge is -2.35.